The van der Waals surface area contributed by atoms with Crippen molar-refractivity contribution in [3.05, 3.63) is 58.1 Å². The van der Waals surface area contributed by atoms with Gasteiger partial charge in [0, 0.05) is 30.1 Å². The highest BCUT2D eigenvalue weighted by atomic mass is 35.5. The average molecular weight is 422 g/mol. The molecule has 2 atom stereocenters. The zero-order valence-corrected chi connectivity index (χ0v) is 16.9. The van der Waals surface area contributed by atoms with Gasteiger partial charge in [-0.1, -0.05) is 31.0 Å². The minimum Gasteiger partial charge on any atom is -0.453 e. The van der Waals surface area contributed by atoms with E-state index in [-0.39, 0.29) is 34.5 Å². The van der Waals surface area contributed by atoms with Gasteiger partial charge in [-0.25, -0.2) is 8.78 Å². The molecule has 1 amide bonds. The van der Waals surface area contributed by atoms with E-state index in [4.69, 9.17) is 27.3 Å². The molecule has 0 saturated carbocycles. The summed E-state index contributed by atoms with van der Waals surface area (Å²) in [6.07, 6.45) is 1.48. The first-order valence-electron chi connectivity index (χ1n) is 9.16. The lowest BCUT2D eigenvalue weighted by atomic mass is 9.99. The predicted octanol–water partition coefficient (Wildman–Crippen LogP) is 4.98. The molecule has 3 N–H and O–H groups in total. The summed E-state index contributed by atoms with van der Waals surface area (Å²) in [5.74, 6) is -2.13. The Morgan fingerprint density at radius 2 is 2.07 bits per heavy atom. The van der Waals surface area contributed by atoms with Crippen molar-refractivity contribution in [1.29, 1.82) is 5.26 Å². The molecule has 0 bridgehead atoms. The lowest BCUT2D eigenvalue weighted by molar-refractivity contribution is -0.118. The average Bonchev–Trinajstić information content (AvgIpc) is 2.64. The lowest BCUT2D eigenvalue weighted by Crippen LogP contribution is -2.34. The smallest absolute Gasteiger partial charge is 0.218 e. The van der Waals surface area contributed by atoms with Crippen molar-refractivity contribution < 1.29 is 18.3 Å². The normalized spacial score (nSPS) is 12.8. The Hall–Kier alpha value is -2.69. The number of carbonyl (C=O) groups excluding carboxylic acids is 1. The number of ether oxygens (including phenoxy) is 1. The highest BCUT2D eigenvalue weighted by Gasteiger charge is 2.23. The molecule has 2 aromatic carbocycles. The van der Waals surface area contributed by atoms with Crippen LogP contribution in [0, 0.1) is 23.0 Å². The molecule has 154 valence electrons. The van der Waals surface area contributed by atoms with E-state index < -0.39 is 23.6 Å². The number of primary amides is 1. The summed E-state index contributed by atoms with van der Waals surface area (Å²) in [6, 6.07) is 7.71. The largest absolute Gasteiger partial charge is 0.453 e. The van der Waals surface area contributed by atoms with E-state index in [9.17, 15) is 9.18 Å². The summed E-state index contributed by atoms with van der Waals surface area (Å²) in [4.78, 5) is 11.1. The van der Waals surface area contributed by atoms with E-state index in [0.717, 1.165) is 12.5 Å². The van der Waals surface area contributed by atoms with Crippen molar-refractivity contribution in [2.24, 2.45) is 5.73 Å². The summed E-state index contributed by atoms with van der Waals surface area (Å²) < 4.78 is 34.6. The number of hydrogen-bond acceptors (Lipinski definition) is 4. The standard InChI is InChI=1S/C21H22ClF2N3O2/c1-3-4-18(27-12(2)9-19(26)28)15-7-8-16(22)21(20(15)24)29-14-6-5-13(11-25)17(23)10-14/h5-8,10,12,18,27H,3-4,9H2,1-2H3,(H2,26,28)/t12-,18+/m0/s1. The predicted molar refractivity (Wildman–Crippen MR) is 107 cm³/mol. The van der Waals surface area contributed by atoms with Crippen LogP contribution in [-0.4, -0.2) is 11.9 Å². The van der Waals surface area contributed by atoms with Crippen LogP contribution in [0.5, 0.6) is 11.5 Å². The highest BCUT2D eigenvalue weighted by Crippen LogP contribution is 2.37. The Bertz CT molecular complexity index is 931. The van der Waals surface area contributed by atoms with Crippen molar-refractivity contribution in [2.75, 3.05) is 0 Å². The van der Waals surface area contributed by atoms with Gasteiger partial charge in [0.05, 0.1) is 10.6 Å². The third-order valence-electron chi connectivity index (χ3n) is 4.31. The van der Waals surface area contributed by atoms with E-state index in [0.29, 0.717) is 12.0 Å². The molecule has 0 aromatic heterocycles. The molecule has 5 nitrogen and oxygen atoms in total. The fourth-order valence-corrected chi connectivity index (χ4v) is 3.18. The van der Waals surface area contributed by atoms with Crippen LogP contribution < -0.4 is 15.8 Å². The Morgan fingerprint density at radius 1 is 1.34 bits per heavy atom. The monoisotopic (exact) mass is 421 g/mol. The number of rotatable bonds is 9. The molecule has 0 aliphatic heterocycles. The van der Waals surface area contributed by atoms with Gasteiger partial charge in [-0.15, -0.1) is 0 Å². The van der Waals surface area contributed by atoms with E-state index >= 15 is 4.39 Å². The first kappa shape index (κ1) is 22.6. The van der Waals surface area contributed by atoms with E-state index in [1.54, 1.807) is 19.1 Å². The number of nitrogens with two attached hydrogens (primary N) is 1. The molecule has 0 unspecified atom stereocenters. The molecular formula is C21H22ClF2N3O2. The van der Waals surface area contributed by atoms with Crippen molar-refractivity contribution >= 4 is 17.5 Å². The zero-order valence-electron chi connectivity index (χ0n) is 16.1. The molecule has 0 radical (unpaired) electrons. The fourth-order valence-electron chi connectivity index (χ4n) is 3.00. The van der Waals surface area contributed by atoms with Gasteiger partial charge < -0.3 is 15.8 Å². The summed E-state index contributed by atoms with van der Waals surface area (Å²) in [5, 5.41) is 12.0. The van der Waals surface area contributed by atoms with Crippen molar-refractivity contribution in [1.82, 2.24) is 5.32 Å². The van der Waals surface area contributed by atoms with Crippen LogP contribution in [0.4, 0.5) is 8.78 Å². The zero-order chi connectivity index (χ0) is 21.6. The van der Waals surface area contributed by atoms with Crippen molar-refractivity contribution in [2.45, 2.75) is 45.2 Å². The lowest BCUT2D eigenvalue weighted by Gasteiger charge is -2.24. The first-order chi connectivity index (χ1) is 13.8. The summed E-state index contributed by atoms with van der Waals surface area (Å²) in [6.45, 7) is 3.75. The Balaban J connectivity index is 2.35. The van der Waals surface area contributed by atoms with E-state index in [1.807, 2.05) is 6.92 Å². The van der Waals surface area contributed by atoms with Crippen LogP contribution in [0.15, 0.2) is 30.3 Å². The number of nitriles is 1. The molecule has 2 aromatic rings. The van der Waals surface area contributed by atoms with Gasteiger partial charge in [0.2, 0.25) is 5.91 Å². The van der Waals surface area contributed by atoms with Crippen molar-refractivity contribution in [3.8, 4) is 17.6 Å². The van der Waals surface area contributed by atoms with Crippen LogP contribution in [-0.2, 0) is 4.79 Å². The van der Waals surface area contributed by atoms with Gasteiger partial charge in [0.1, 0.15) is 17.6 Å². The van der Waals surface area contributed by atoms with Crippen LogP contribution >= 0.6 is 11.6 Å². The molecule has 0 aliphatic rings. The SMILES string of the molecule is CCC[C@@H](N[C@@H](C)CC(N)=O)c1ccc(Cl)c(Oc2ccc(C#N)c(F)c2)c1F. The molecule has 0 fully saturated rings. The second-order valence-electron chi connectivity index (χ2n) is 6.71. The van der Waals surface area contributed by atoms with Gasteiger partial charge in [-0.2, -0.15) is 5.26 Å². The van der Waals surface area contributed by atoms with Gasteiger partial charge in [0.25, 0.3) is 0 Å². The summed E-state index contributed by atoms with van der Waals surface area (Å²) >= 11 is 6.11. The molecule has 8 heteroatoms. The minimum absolute atomic E-state index is 0.0153. The maximum absolute atomic E-state index is 15.3. The van der Waals surface area contributed by atoms with Crippen molar-refractivity contribution in [3.63, 3.8) is 0 Å². The third kappa shape index (κ3) is 5.89. The number of benzene rings is 2. The van der Waals surface area contributed by atoms with Crippen LogP contribution in [0.25, 0.3) is 0 Å². The topological polar surface area (TPSA) is 88.1 Å². The Kier molecular flexibility index (Phi) is 7.94. The second-order valence-corrected chi connectivity index (χ2v) is 7.12. The molecule has 0 heterocycles. The van der Waals surface area contributed by atoms with Crippen LogP contribution in [0.2, 0.25) is 5.02 Å². The van der Waals surface area contributed by atoms with Gasteiger partial charge in [0.15, 0.2) is 11.6 Å². The quantitative estimate of drug-likeness (QED) is 0.597. The van der Waals surface area contributed by atoms with Gasteiger partial charge in [-0.05, 0) is 31.5 Å². The first-order valence-corrected chi connectivity index (χ1v) is 9.54. The fraction of sp³-hybridized carbons (Fsp3) is 0.333. The second kappa shape index (κ2) is 10.2. The van der Waals surface area contributed by atoms with Gasteiger partial charge in [-0.3, -0.25) is 4.79 Å². The van der Waals surface area contributed by atoms with Crippen LogP contribution in [0.1, 0.15) is 50.3 Å². The number of hydrogen-bond donors (Lipinski definition) is 2. The number of nitrogens with one attached hydrogen (secondary N) is 1. The molecular weight excluding hydrogens is 400 g/mol. The molecule has 0 spiro atoms. The number of amides is 1. The summed E-state index contributed by atoms with van der Waals surface area (Å²) in [5.41, 5.74) is 5.40. The summed E-state index contributed by atoms with van der Waals surface area (Å²) in [7, 11) is 0. The number of halogens is 3. The molecule has 0 aliphatic carbocycles. The minimum atomic E-state index is -0.775. The third-order valence-corrected chi connectivity index (χ3v) is 4.60. The maximum Gasteiger partial charge on any atom is 0.218 e. The van der Waals surface area contributed by atoms with Crippen LogP contribution in [0.3, 0.4) is 0 Å². The molecule has 29 heavy (non-hydrogen) atoms. The molecule has 2 rings (SSSR count). The molecule has 0 saturated heterocycles. The number of nitrogens with zero attached hydrogens (tertiary/aromatic N) is 1. The van der Waals surface area contributed by atoms with E-state index in [1.165, 1.54) is 18.2 Å². The number of carbonyl (C=O) groups is 1. The Labute approximate surface area is 173 Å². The highest BCUT2D eigenvalue weighted by molar-refractivity contribution is 6.32. The maximum atomic E-state index is 15.3. The Morgan fingerprint density at radius 3 is 2.66 bits per heavy atom. The van der Waals surface area contributed by atoms with E-state index in [2.05, 4.69) is 5.32 Å². The van der Waals surface area contributed by atoms with Gasteiger partial charge >= 0.3 is 0 Å².